The maximum atomic E-state index is 5.27. The molecule has 1 nitrogen and oxygen atoms in total. The number of hydrogen-bond acceptors (Lipinski definition) is 2. The van der Waals surface area contributed by atoms with E-state index in [1.165, 1.54) is 0 Å². The molecule has 0 spiro atoms. The predicted octanol–water partition coefficient (Wildman–Crippen LogP) is 3.43. The highest BCUT2D eigenvalue weighted by Gasteiger charge is 2.26. The standard InChI is InChI=1S/C10H9NS2.C2H6/c1-11-9(12)7-5-3-2-4-6-8(7)10(11)13;1-2/h3-6H,2H2,1H3;1-2H3. The van der Waals surface area contributed by atoms with Crippen molar-refractivity contribution in [2.45, 2.75) is 20.3 Å². The van der Waals surface area contributed by atoms with E-state index in [2.05, 4.69) is 24.3 Å². The third-order valence-corrected chi connectivity index (χ3v) is 3.19. The van der Waals surface area contributed by atoms with E-state index in [9.17, 15) is 0 Å². The van der Waals surface area contributed by atoms with Crippen molar-refractivity contribution < 1.29 is 0 Å². The maximum Gasteiger partial charge on any atom is 0.114 e. The SMILES string of the molecule is CC.CN1C(=S)C2=C(C=CCC=C2)C1=S. The first kappa shape index (κ1) is 12.3. The normalized spacial score (nSPS) is 18.7. The first-order valence-corrected chi connectivity index (χ1v) is 5.93. The molecule has 3 heteroatoms. The van der Waals surface area contributed by atoms with E-state index in [0.29, 0.717) is 0 Å². The van der Waals surface area contributed by atoms with Gasteiger partial charge in [0.1, 0.15) is 9.98 Å². The van der Waals surface area contributed by atoms with Gasteiger partial charge in [0.15, 0.2) is 0 Å². The lowest BCUT2D eigenvalue weighted by atomic mass is 10.1. The third kappa shape index (κ3) is 2.24. The molecule has 1 aliphatic heterocycles. The van der Waals surface area contributed by atoms with Gasteiger partial charge in [-0.3, -0.25) is 0 Å². The molecule has 0 atom stereocenters. The predicted molar refractivity (Wildman–Crippen MR) is 74.2 cm³/mol. The van der Waals surface area contributed by atoms with E-state index >= 15 is 0 Å². The van der Waals surface area contributed by atoms with Gasteiger partial charge < -0.3 is 4.90 Å². The average molecular weight is 237 g/mol. The van der Waals surface area contributed by atoms with Crippen LogP contribution in [0.4, 0.5) is 0 Å². The van der Waals surface area contributed by atoms with Gasteiger partial charge in [-0.25, -0.2) is 0 Å². The second-order valence-electron chi connectivity index (χ2n) is 3.04. The summed E-state index contributed by atoms with van der Waals surface area (Å²) in [7, 11) is 1.92. The highest BCUT2D eigenvalue weighted by atomic mass is 32.1. The van der Waals surface area contributed by atoms with Crippen molar-refractivity contribution in [3.05, 3.63) is 35.5 Å². The van der Waals surface area contributed by atoms with Crippen molar-refractivity contribution in [2.75, 3.05) is 7.05 Å². The molecule has 0 aromatic heterocycles. The Hall–Kier alpha value is -0.800. The molecular formula is C12H15NS2. The Balaban J connectivity index is 0.000000531. The van der Waals surface area contributed by atoms with Crippen LogP contribution in [0.5, 0.6) is 0 Å². The quantitative estimate of drug-likeness (QED) is 0.594. The summed E-state index contributed by atoms with van der Waals surface area (Å²) in [5, 5.41) is 0. The van der Waals surface area contributed by atoms with E-state index in [4.69, 9.17) is 24.4 Å². The highest BCUT2D eigenvalue weighted by molar-refractivity contribution is 7.82. The zero-order valence-corrected chi connectivity index (χ0v) is 10.9. The largest absolute Gasteiger partial charge is 0.326 e. The van der Waals surface area contributed by atoms with Gasteiger partial charge in [0, 0.05) is 18.2 Å². The van der Waals surface area contributed by atoms with Gasteiger partial charge in [-0.2, -0.15) is 0 Å². The van der Waals surface area contributed by atoms with Gasteiger partial charge in [-0.15, -0.1) is 0 Å². The van der Waals surface area contributed by atoms with Gasteiger partial charge >= 0.3 is 0 Å². The van der Waals surface area contributed by atoms with Crippen LogP contribution in [-0.2, 0) is 0 Å². The topological polar surface area (TPSA) is 3.24 Å². The Morgan fingerprint density at radius 1 is 1.00 bits per heavy atom. The summed E-state index contributed by atoms with van der Waals surface area (Å²) in [6, 6.07) is 0. The Morgan fingerprint density at radius 2 is 1.40 bits per heavy atom. The Morgan fingerprint density at radius 3 is 1.80 bits per heavy atom. The molecule has 80 valence electrons. The lowest BCUT2D eigenvalue weighted by Gasteiger charge is -2.11. The van der Waals surface area contributed by atoms with Crippen LogP contribution in [0.2, 0.25) is 0 Å². The van der Waals surface area contributed by atoms with Gasteiger partial charge in [0.05, 0.1) is 0 Å². The molecule has 0 amide bonds. The maximum absolute atomic E-state index is 5.27. The summed E-state index contributed by atoms with van der Waals surface area (Å²) >= 11 is 10.5. The minimum absolute atomic E-state index is 0.836. The number of hydrogen-bond donors (Lipinski definition) is 0. The number of nitrogens with zero attached hydrogens (tertiary/aromatic N) is 1. The molecule has 0 saturated carbocycles. The van der Waals surface area contributed by atoms with Crippen LogP contribution in [-0.4, -0.2) is 21.9 Å². The molecular weight excluding hydrogens is 222 g/mol. The molecule has 0 N–H and O–H groups in total. The molecule has 2 aliphatic rings. The Labute approximate surface area is 102 Å². The fraction of sp³-hybridized carbons (Fsp3) is 0.333. The van der Waals surface area contributed by atoms with E-state index in [0.717, 1.165) is 27.5 Å². The molecule has 0 aromatic carbocycles. The summed E-state index contributed by atoms with van der Waals surface area (Å²) in [5.41, 5.74) is 2.19. The molecule has 2 rings (SSSR count). The number of thiocarbonyl (C=S) groups is 2. The molecule has 0 radical (unpaired) electrons. The molecule has 1 aliphatic carbocycles. The van der Waals surface area contributed by atoms with Crippen molar-refractivity contribution in [1.82, 2.24) is 4.90 Å². The number of likely N-dealkylation sites (N-methyl/N-ethyl adjacent to an activating group) is 1. The first-order valence-electron chi connectivity index (χ1n) is 5.11. The van der Waals surface area contributed by atoms with Gasteiger partial charge in [0.2, 0.25) is 0 Å². The lowest BCUT2D eigenvalue weighted by molar-refractivity contribution is 0.801. The van der Waals surface area contributed by atoms with Crippen molar-refractivity contribution in [3.63, 3.8) is 0 Å². The highest BCUT2D eigenvalue weighted by Crippen LogP contribution is 2.25. The molecule has 0 fully saturated rings. The fourth-order valence-corrected chi connectivity index (χ4v) is 2.05. The average Bonchev–Trinajstić information content (AvgIpc) is 2.51. The van der Waals surface area contributed by atoms with Crippen molar-refractivity contribution in [3.8, 4) is 0 Å². The van der Waals surface area contributed by atoms with Crippen LogP contribution in [0.15, 0.2) is 35.5 Å². The van der Waals surface area contributed by atoms with Crippen LogP contribution < -0.4 is 0 Å². The van der Waals surface area contributed by atoms with Crippen LogP contribution in [0, 0.1) is 0 Å². The van der Waals surface area contributed by atoms with E-state index < -0.39 is 0 Å². The van der Waals surface area contributed by atoms with Crippen molar-refractivity contribution in [1.29, 1.82) is 0 Å². The van der Waals surface area contributed by atoms with Gasteiger partial charge in [0.25, 0.3) is 0 Å². The van der Waals surface area contributed by atoms with Crippen LogP contribution in [0.25, 0.3) is 0 Å². The molecule has 0 unspecified atom stereocenters. The second-order valence-corrected chi connectivity index (χ2v) is 3.81. The summed E-state index contributed by atoms with van der Waals surface area (Å²) in [5.74, 6) is 0. The lowest BCUT2D eigenvalue weighted by Crippen LogP contribution is -2.24. The third-order valence-electron chi connectivity index (χ3n) is 2.20. The minimum atomic E-state index is 0.836. The minimum Gasteiger partial charge on any atom is -0.326 e. The second kappa shape index (κ2) is 5.33. The monoisotopic (exact) mass is 237 g/mol. The zero-order chi connectivity index (χ0) is 11.4. The molecule has 0 saturated heterocycles. The van der Waals surface area contributed by atoms with Crippen LogP contribution >= 0.6 is 24.4 Å². The molecule has 1 heterocycles. The van der Waals surface area contributed by atoms with Crippen LogP contribution in [0.3, 0.4) is 0 Å². The van der Waals surface area contributed by atoms with Gasteiger partial charge in [-0.1, -0.05) is 62.6 Å². The van der Waals surface area contributed by atoms with Crippen LogP contribution in [0.1, 0.15) is 20.3 Å². The zero-order valence-electron chi connectivity index (χ0n) is 9.28. The summed E-state index contributed by atoms with van der Waals surface area (Å²) < 4.78 is 0. The summed E-state index contributed by atoms with van der Waals surface area (Å²) in [6.45, 7) is 4.00. The first-order chi connectivity index (χ1) is 7.22. The fourth-order valence-electron chi connectivity index (χ4n) is 1.46. The Kier molecular flexibility index (Phi) is 4.36. The summed E-state index contributed by atoms with van der Waals surface area (Å²) in [4.78, 5) is 3.56. The smallest absolute Gasteiger partial charge is 0.114 e. The number of allylic oxidation sites excluding steroid dienone is 2. The molecule has 0 aromatic rings. The van der Waals surface area contributed by atoms with E-state index in [-0.39, 0.29) is 0 Å². The van der Waals surface area contributed by atoms with E-state index in [1.54, 1.807) is 0 Å². The Bertz CT molecular complexity index is 341. The van der Waals surface area contributed by atoms with E-state index in [1.807, 2.05) is 25.8 Å². The van der Waals surface area contributed by atoms with Crippen molar-refractivity contribution >= 4 is 34.4 Å². The number of rotatable bonds is 0. The molecule has 0 bridgehead atoms. The summed E-state index contributed by atoms with van der Waals surface area (Å²) in [6.07, 6.45) is 9.29. The van der Waals surface area contributed by atoms with Gasteiger partial charge in [-0.05, 0) is 6.42 Å². The van der Waals surface area contributed by atoms with Crippen molar-refractivity contribution in [2.24, 2.45) is 0 Å². The molecule has 15 heavy (non-hydrogen) atoms.